The van der Waals surface area contributed by atoms with Gasteiger partial charge in [0.25, 0.3) is 5.24 Å². The molecule has 1 fully saturated rings. The minimum atomic E-state index is -0.488. The first-order chi connectivity index (χ1) is 13.6. The number of aryl methyl sites for hydroxylation is 1. The van der Waals surface area contributed by atoms with Crippen LogP contribution in [0, 0.1) is 6.92 Å². The topological polar surface area (TPSA) is 70.7 Å². The number of carbonyl (C=O) groups is 2. The first-order valence-electron chi connectivity index (χ1n) is 9.33. The van der Waals surface area contributed by atoms with Crippen molar-refractivity contribution in [1.82, 2.24) is 15.5 Å². The van der Waals surface area contributed by atoms with Gasteiger partial charge in [0.05, 0.1) is 0 Å². The van der Waals surface area contributed by atoms with E-state index in [1.807, 2.05) is 48.2 Å². The Morgan fingerprint density at radius 1 is 1.10 bits per heavy atom. The maximum absolute atomic E-state index is 12.2. The molecule has 2 aromatic rings. The maximum atomic E-state index is 12.2. The molecule has 2 N–H and O–H groups in total. The van der Waals surface area contributed by atoms with Crippen LogP contribution < -0.4 is 15.4 Å². The highest BCUT2D eigenvalue weighted by atomic mass is 35.5. The van der Waals surface area contributed by atoms with E-state index in [9.17, 15) is 9.59 Å². The molecule has 8 heteroatoms. The van der Waals surface area contributed by atoms with Crippen LogP contribution in [0.2, 0.25) is 0 Å². The van der Waals surface area contributed by atoms with Gasteiger partial charge in [-0.2, -0.15) is 0 Å². The average Bonchev–Trinajstić information content (AvgIpc) is 2.72. The molecule has 2 aromatic carbocycles. The zero-order valence-corrected chi connectivity index (χ0v) is 18.0. The number of hydrogen-bond donors (Lipinski definition) is 2. The number of hydrogen-bond acceptors (Lipinski definition) is 5. The molecule has 6 nitrogen and oxygen atoms in total. The third-order valence-electron chi connectivity index (χ3n) is 4.39. The normalized spacial score (nSPS) is 13.3. The second-order valence-electron chi connectivity index (χ2n) is 6.67. The van der Waals surface area contributed by atoms with Crippen molar-refractivity contribution >= 4 is 35.5 Å². The van der Waals surface area contributed by atoms with Crippen LogP contribution in [0.1, 0.15) is 16.7 Å². The van der Waals surface area contributed by atoms with Crippen molar-refractivity contribution in [2.75, 3.05) is 26.2 Å². The number of piperazine rings is 1. The Hall–Kier alpha value is -2.22. The van der Waals surface area contributed by atoms with Gasteiger partial charge in [0.1, 0.15) is 5.75 Å². The summed E-state index contributed by atoms with van der Waals surface area (Å²) in [6.07, 6.45) is -0.488. The van der Waals surface area contributed by atoms with E-state index in [0.29, 0.717) is 18.0 Å². The van der Waals surface area contributed by atoms with Crippen molar-refractivity contribution in [3.05, 3.63) is 65.2 Å². The summed E-state index contributed by atoms with van der Waals surface area (Å²) in [5, 5.41) is 6.09. The predicted molar refractivity (Wildman–Crippen MR) is 119 cm³/mol. The average molecular weight is 436 g/mol. The lowest BCUT2D eigenvalue weighted by atomic mass is 10.1. The molecule has 0 atom stereocenters. The lowest BCUT2D eigenvalue weighted by Gasteiger charge is -2.26. The van der Waals surface area contributed by atoms with Gasteiger partial charge in [-0.1, -0.05) is 53.7 Å². The van der Waals surface area contributed by atoms with Crippen LogP contribution in [0.5, 0.6) is 5.75 Å². The monoisotopic (exact) mass is 435 g/mol. The van der Waals surface area contributed by atoms with Gasteiger partial charge in [-0.05, 0) is 30.2 Å². The number of benzene rings is 2. The van der Waals surface area contributed by atoms with Gasteiger partial charge in [0, 0.05) is 38.5 Å². The fourth-order valence-corrected chi connectivity index (χ4v) is 3.72. The molecule has 2 amide bonds. The molecule has 1 aliphatic heterocycles. The smallest absolute Gasteiger partial charge is 0.410 e. The Morgan fingerprint density at radius 3 is 2.52 bits per heavy atom. The highest BCUT2D eigenvalue weighted by Crippen LogP contribution is 2.19. The minimum Gasteiger partial charge on any atom is -0.410 e. The highest BCUT2D eigenvalue weighted by molar-refractivity contribution is 8.12. The third-order valence-corrected chi connectivity index (χ3v) is 5.37. The first kappa shape index (κ1) is 23.1. The summed E-state index contributed by atoms with van der Waals surface area (Å²) in [7, 11) is 0. The summed E-state index contributed by atoms with van der Waals surface area (Å²) in [4.78, 5) is 26.0. The fraction of sp³-hybridized carbons (Fsp3) is 0.333. The Labute approximate surface area is 181 Å². The van der Waals surface area contributed by atoms with Gasteiger partial charge in [-0.15, -0.1) is 12.4 Å². The molecule has 1 heterocycles. The number of nitrogens with one attached hydrogen (secondary N) is 2. The van der Waals surface area contributed by atoms with Crippen molar-refractivity contribution in [1.29, 1.82) is 0 Å². The van der Waals surface area contributed by atoms with Crippen LogP contribution in [-0.4, -0.2) is 42.4 Å². The van der Waals surface area contributed by atoms with Crippen LogP contribution in [0.3, 0.4) is 0 Å². The molecular weight excluding hydrogens is 410 g/mol. The van der Waals surface area contributed by atoms with Crippen LogP contribution >= 0.6 is 24.2 Å². The van der Waals surface area contributed by atoms with Gasteiger partial charge in [-0.3, -0.25) is 4.79 Å². The number of nitrogens with zero attached hydrogens (tertiary/aromatic N) is 1. The Bertz CT molecular complexity index is 811. The summed E-state index contributed by atoms with van der Waals surface area (Å²) >= 11 is 1.30. The molecule has 0 spiro atoms. The van der Waals surface area contributed by atoms with Crippen molar-refractivity contribution < 1.29 is 14.3 Å². The number of halogens is 1. The lowest BCUT2D eigenvalue weighted by Crippen LogP contribution is -2.45. The van der Waals surface area contributed by atoms with Gasteiger partial charge < -0.3 is 20.3 Å². The molecule has 29 heavy (non-hydrogen) atoms. The molecule has 0 unspecified atom stereocenters. The summed E-state index contributed by atoms with van der Waals surface area (Å²) in [5.41, 5.74) is 3.19. The van der Waals surface area contributed by atoms with Crippen LogP contribution in [-0.2, 0) is 12.3 Å². The van der Waals surface area contributed by atoms with Crippen molar-refractivity contribution in [3.8, 4) is 5.75 Å². The van der Waals surface area contributed by atoms with E-state index in [-0.39, 0.29) is 17.6 Å². The van der Waals surface area contributed by atoms with Gasteiger partial charge in [-0.25, -0.2) is 4.79 Å². The Morgan fingerprint density at radius 2 is 1.83 bits per heavy atom. The highest BCUT2D eigenvalue weighted by Gasteiger charge is 2.16. The van der Waals surface area contributed by atoms with E-state index < -0.39 is 6.09 Å². The zero-order chi connectivity index (χ0) is 19.8. The quantitative estimate of drug-likeness (QED) is 0.743. The van der Waals surface area contributed by atoms with E-state index in [1.165, 1.54) is 11.8 Å². The van der Waals surface area contributed by atoms with Crippen molar-refractivity contribution in [2.45, 2.75) is 19.2 Å². The summed E-state index contributed by atoms with van der Waals surface area (Å²) in [6, 6.07) is 15.2. The fourth-order valence-electron chi connectivity index (χ4n) is 2.88. The van der Waals surface area contributed by atoms with Gasteiger partial charge in [0.2, 0.25) is 0 Å². The number of ether oxygens (including phenoxy) is 1. The Balaban J connectivity index is 0.00000300. The zero-order valence-electron chi connectivity index (χ0n) is 16.3. The van der Waals surface area contributed by atoms with E-state index in [2.05, 4.69) is 10.6 Å². The molecule has 0 aromatic heterocycles. The molecule has 0 aliphatic carbocycles. The number of amides is 2. The maximum Gasteiger partial charge on any atom is 0.412 e. The molecular formula is C21H26ClN3O3S. The van der Waals surface area contributed by atoms with E-state index in [0.717, 1.165) is 42.9 Å². The van der Waals surface area contributed by atoms with E-state index in [1.54, 1.807) is 12.1 Å². The Kier molecular flexibility index (Phi) is 9.31. The molecule has 0 radical (unpaired) electrons. The van der Waals surface area contributed by atoms with Crippen LogP contribution in [0.15, 0.2) is 48.5 Å². The second kappa shape index (κ2) is 11.7. The van der Waals surface area contributed by atoms with E-state index >= 15 is 0 Å². The van der Waals surface area contributed by atoms with Crippen molar-refractivity contribution in [3.63, 3.8) is 0 Å². The van der Waals surface area contributed by atoms with Crippen LogP contribution in [0.4, 0.5) is 9.59 Å². The predicted octanol–water partition coefficient (Wildman–Crippen LogP) is 3.96. The first-order valence-corrected chi connectivity index (χ1v) is 10.3. The summed E-state index contributed by atoms with van der Waals surface area (Å²) in [5.74, 6) is 1.08. The number of thioether (sulfide) groups is 1. The lowest BCUT2D eigenvalue weighted by molar-refractivity contribution is 0.200. The van der Waals surface area contributed by atoms with Crippen LogP contribution in [0.25, 0.3) is 0 Å². The number of rotatable bonds is 5. The largest absolute Gasteiger partial charge is 0.412 e. The summed E-state index contributed by atoms with van der Waals surface area (Å²) < 4.78 is 5.30. The number of carbonyl (C=O) groups excluding carboxylic acids is 2. The molecule has 0 saturated carbocycles. The third kappa shape index (κ3) is 7.61. The molecule has 3 rings (SSSR count). The molecule has 1 saturated heterocycles. The van der Waals surface area contributed by atoms with Gasteiger partial charge >= 0.3 is 6.09 Å². The summed E-state index contributed by atoms with van der Waals surface area (Å²) in [6.45, 7) is 5.66. The molecule has 1 aliphatic rings. The van der Waals surface area contributed by atoms with E-state index in [4.69, 9.17) is 4.74 Å². The molecule has 156 valence electrons. The molecule has 0 bridgehead atoms. The standard InChI is InChI=1S/C21H25N3O3S.ClH/c1-16-3-2-4-18(13-16)14-23-20(25)27-19-7-5-17(6-8-19)15-28-21(26)24-11-9-22-10-12-24;/h2-8,13,22H,9-12,14-15H2,1H3,(H,23,25);1H. The second-order valence-corrected chi connectivity index (χ2v) is 7.59. The van der Waals surface area contributed by atoms with Crippen molar-refractivity contribution in [2.24, 2.45) is 0 Å². The van der Waals surface area contributed by atoms with Gasteiger partial charge in [0.15, 0.2) is 0 Å². The SMILES string of the molecule is Cc1cccc(CNC(=O)Oc2ccc(CSC(=O)N3CCNCC3)cc2)c1.Cl. The minimum absolute atomic E-state index is 0.